The Labute approximate surface area is 70.8 Å². The lowest BCUT2D eigenvalue weighted by atomic mass is 10.3. The van der Waals surface area contributed by atoms with Crippen molar-refractivity contribution in [3.63, 3.8) is 0 Å². The molecule has 0 saturated carbocycles. The van der Waals surface area contributed by atoms with Gasteiger partial charge in [0.1, 0.15) is 0 Å². The maximum absolute atomic E-state index is 5.46. The van der Waals surface area contributed by atoms with Crippen LogP contribution in [0.25, 0.3) is 0 Å². The molecule has 0 bridgehead atoms. The van der Waals surface area contributed by atoms with Gasteiger partial charge in [-0.15, -0.1) is 0 Å². The van der Waals surface area contributed by atoms with Crippen molar-refractivity contribution in [1.82, 2.24) is 0 Å². The summed E-state index contributed by atoms with van der Waals surface area (Å²) in [5, 5.41) is 0. The van der Waals surface area contributed by atoms with Crippen molar-refractivity contribution in [2.75, 3.05) is 0 Å². The fraction of sp³-hybridized carbons (Fsp3) is 0.667. The molecule has 54 valence electrons. The third kappa shape index (κ3) is 8.61. The summed E-state index contributed by atoms with van der Waals surface area (Å²) in [5.41, 5.74) is 1.17. The number of hydrogen-bond donors (Lipinski definition) is 0. The molecule has 0 saturated heterocycles. The van der Waals surface area contributed by atoms with Crippen LogP contribution >= 0.6 is 34.8 Å². The van der Waals surface area contributed by atoms with Crippen LogP contribution in [-0.4, -0.2) is 3.79 Å². The van der Waals surface area contributed by atoms with E-state index in [1.807, 2.05) is 19.9 Å². The van der Waals surface area contributed by atoms with Crippen LogP contribution in [-0.2, 0) is 0 Å². The van der Waals surface area contributed by atoms with Crippen molar-refractivity contribution in [2.24, 2.45) is 0 Å². The van der Waals surface area contributed by atoms with Gasteiger partial charge in [-0.05, 0) is 13.8 Å². The minimum atomic E-state index is -1.13. The van der Waals surface area contributed by atoms with Crippen molar-refractivity contribution in [1.29, 1.82) is 0 Å². The molecule has 0 aliphatic heterocycles. The van der Waals surface area contributed by atoms with Crippen molar-refractivity contribution < 1.29 is 0 Å². The SMILES string of the molecule is CC(C)=CCC(Cl)(Cl)Cl. The number of alkyl halides is 3. The van der Waals surface area contributed by atoms with E-state index in [-0.39, 0.29) is 0 Å². The second-order valence-corrected chi connectivity index (χ2v) is 4.62. The number of hydrogen-bond acceptors (Lipinski definition) is 0. The average Bonchev–Trinajstić information content (AvgIpc) is 1.59. The molecule has 0 atom stereocenters. The van der Waals surface area contributed by atoms with E-state index in [1.54, 1.807) is 0 Å². The molecule has 0 radical (unpaired) electrons. The summed E-state index contributed by atoms with van der Waals surface area (Å²) >= 11 is 16.4. The summed E-state index contributed by atoms with van der Waals surface area (Å²) < 4.78 is -1.13. The first-order valence-electron chi connectivity index (χ1n) is 2.62. The molecule has 0 unspecified atom stereocenters. The summed E-state index contributed by atoms with van der Waals surface area (Å²) in [4.78, 5) is 0. The van der Waals surface area contributed by atoms with E-state index in [9.17, 15) is 0 Å². The Balaban J connectivity index is 3.64. The van der Waals surface area contributed by atoms with Gasteiger partial charge >= 0.3 is 0 Å². The van der Waals surface area contributed by atoms with E-state index in [4.69, 9.17) is 34.8 Å². The largest absolute Gasteiger partial charge is 0.194 e. The third-order valence-corrected chi connectivity index (χ3v) is 1.20. The van der Waals surface area contributed by atoms with Crippen molar-refractivity contribution in [2.45, 2.75) is 24.1 Å². The van der Waals surface area contributed by atoms with Gasteiger partial charge in [-0.1, -0.05) is 46.5 Å². The summed E-state index contributed by atoms with van der Waals surface area (Å²) in [5.74, 6) is 0. The molecule has 0 aliphatic carbocycles. The van der Waals surface area contributed by atoms with Crippen LogP contribution < -0.4 is 0 Å². The molecule has 0 aromatic heterocycles. The Kier molecular flexibility index (Phi) is 3.95. The van der Waals surface area contributed by atoms with E-state index in [2.05, 4.69) is 0 Å². The van der Waals surface area contributed by atoms with Gasteiger partial charge < -0.3 is 0 Å². The molecule has 0 N–H and O–H groups in total. The van der Waals surface area contributed by atoms with E-state index in [0.717, 1.165) is 0 Å². The Morgan fingerprint density at radius 1 is 1.33 bits per heavy atom. The van der Waals surface area contributed by atoms with Gasteiger partial charge in [0.15, 0.2) is 3.79 Å². The molecule has 9 heavy (non-hydrogen) atoms. The number of rotatable bonds is 1. The van der Waals surface area contributed by atoms with E-state index in [0.29, 0.717) is 6.42 Å². The Hall–Kier alpha value is 0.610. The molecule has 0 fully saturated rings. The van der Waals surface area contributed by atoms with Gasteiger partial charge in [0.25, 0.3) is 0 Å². The highest BCUT2D eigenvalue weighted by molar-refractivity contribution is 6.67. The molecule has 3 heteroatoms. The topological polar surface area (TPSA) is 0 Å². The standard InChI is InChI=1S/C6H9Cl3/c1-5(2)3-4-6(7,8)9/h3H,4H2,1-2H3. The molecule has 0 heterocycles. The fourth-order valence-electron chi connectivity index (χ4n) is 0.320. The monoisotopic (exact) mass is 186 g/mol. The lowest BCUT2D eigenvalue weighted by Gasteiger charge is -2.05. The lowest BCUT2D eigenvalue weighted by molar-refractivity contribution is 1.05. The van der Waals surface area contributed by atoms with Crippen molar-refractivity contribution >= 4 is 34.8 Å². The van der Waals surface area contributed by atoms with Crippen molar-refractivity contribution in [3.8, 4) is 0 Å². The molecule has 0 aliphatic rings. The Morgan fingerprint density at radius 2 is 1.78 bits per heavy atom. The van der Waals surface area contributed by atoms with Crippen LogP contribution in [0, 0.1) is 0 Å². The highest BCUT2D eigenvalue weighted by Gasteiger charge is 2.16. The van der Waals surface area contributed by atoms with E-state index >= 15 is 0 Å². The lowest BCUT2D eigenvalue weighted by Crippen LogP contribution is -1.98. The smallest absolute Gasteiger partial charge is 0.0833 e. The van der Waals surface area contributed by atoms with Gasteiger partial charge in [0.2, 0.25) is 0 Å². The summed E-state index contributed by atoms with van der Waals surface area (Å²) in [6.45, 7) is 3.94. The normalized spacial score (nSPS) is 11.2. The summed E-state index contributed by atoms with van der Waals surface area (Å²) in [6.07, 6.45) is 2.38. The molecule has 0 amide bonds. The first kappa shape index (κ1) is 9.61. The maximum atomic E-state index is 5.46. The van der Waals surface area contributed by atoms with E-state index in [1.165, 1.54) is 5.57 Å². The molecule has 0 rings (SSSR count). The number of halogens is 3. The second-order valence-electron chi connectivity index (χ2n) is 2.10. The first-order valence-corrected chi connectivity index (χ1v) is 3.75. The van der Waals surface area contributed by atoms with Crippen LogP contribution in [0.1, 0.15) is 20.3 Å². The van der Waals surface area contributed by atoms with Crippen LogP contribution in [0.5, 0.6) is 0 Å². The van der Waals surface area contributed by atoms with Gasteiger partial charge in [-0.2, -0.15) is 0 Å². The molecule has 0 aromatic rings. The minimum absolute atomic E-state index is 0.486. The van der Waals surface area contributed by atoms with Gasteiger partial charge in [0, 0.05) is 6.42 Å². The highest BCUT2D eigenvalue weighted by Crippen LogP contribution is 2.30. The molecular formula is C6H9Cl3. The molecular weight excluding hydrogens is 178 g/mol. The molecule has 0 spiro atoms. The van der Waals surface area contributed by atoms with Gasteiger partial charge in [-0.25, -0.2) is 0 Å². The van der Waals surface area contributed by atoms with Crippen LogP contribution in [0.15, 0.2) is 11.6 Å². The Morgan fingerprint density at radius 3 is 1.89 bits per heavy atom. The third-order valence-electron chi connectivity index (χ3n) is 0.742. The van der Waals surface area contributed by atoms with Crippen molar-refractivity contribution in [3.05, 3.63) is 11.6 Å². The van der Waals surface area contributed by atoms with Crippen LogP contribution in [0.3, 0.4) is 0 Å². The average molecular weight is 187 g/mol. The molecule has 0 aromatic carbocycles. The fourth-order valence-corrected chi connectivity index (χ4v) is 0.551. The maximum Gasteiger partial charge on any atom is 0.194 e. The quantitative estimate of drug-likeness (QED) is 0.434. The van der Waals surface area contributed by atoms with Crippen LogP contribution in [0.4, 0.5) is 0 Å². The summed E-state index contributed by atoms with van der Waals surface area (Å²) in [6, 6.07) is 0. The Bertz CT molecular complexity index is 106. The zero-order valence-electron chi connectivity index (χ0n) is 5.42. The molecule has 0 nitrogen and oxygen atoms in total. The predicted octanol–water partition coefficient (Wildman–Crippen LogP) is 3.71. The zero-order valence-corrected chi connectivity index (χ0v) is 7.69. The first-order chi connectivity index (χ1) is 3.92. The predicted molar refractivity (Wildman–Crippen MR) is 44.3 cm³/mol. The second kappa shape index (κ2) is 3.70. The minimum Gasteiger partial charge on any atom is -0.0833 e. The highest BCUT2D eigenvalue weighted by atomic mass is 35.6. The number of allylic oxidation sites excluding steroid dienone is 2. The zero-order chi connectivity index (χ0) is 7.49. The van der Waals surface area contributed by atoms with Gasteiger partial charge in [-0.3, -0.25) is 0 Å². The van der Waals surface area contributed by atoms with Gasteiger partial charge in [0.05, 0.1) is 0 Å². The van der Waals surface area contributed by atoms with Crippen LogP contribution in [0.2, 0.25) is 0 Å². The van der Waals surface area contributed by atoms with E-state index < -0.39 is 3.79 Å². The summed E-state index contributed by atoms with van der Waals surface area (Å²) in [7, 11) is 0.